The second kappa shape index (κ2) is 2.34. The highest BCUT2D eigenvalue weighted by molar-refractivity contribution is 5.76. The number of rotatable bonds is 0. The monoisotopic (exact) mass is 172 g/mol. The molecular weight excluding hydrogens is 160 g/mol. The van der Waals surface area contributed by atoms with Crippen LogP contribution in [-0.4, -0.2) is 9.55 Å². The third-order valence-corrected chi connectivity index (χ3v) is 2.90. The Hall–Kier alpha value is -1.31. The summed E-state index contributed by atoms with van der Waals surface area (Å²) in [5, 5.41) is 0. The highest BCUT2D eigenvalue weighted by Crippen LogP contribution is 2.29. The third-order valence-electron chi connectivity index (χ3n) is 2.90. The van der Waals surface area contributed by atoms with Crippen molar-refractivity contribution in [3.63, 3.8) is 0 Å². The van der Waals surface area contributed by atoms with Gasteiger partial charge >= 0.3 is 0 Å². The minimum Gasteiger partial charge on any atom is -0.325 e. The lowest BCUT2D eigenvalue weighted by Gasteiger charge is -2.06. The molecule has 0 aliphatic carbocycles. The van der Waals surface area contributed by atoms with Crippen molar-refractivity contribution in [1.29, 1.82) is 0 Å². The van der Waals surface area contributed by atoms with E-state index in [4.69, 9.17) is 0 Å². The Morgan fingerprint density at radius 2 is 2.23 bits per heavy atom. The topological polar surface area (TPSA) is 17.8 Å². The van der Waals surface area contributed by atoms with Crippen LogP contribution in [0.5, 0.6) is 0 Å². The third kappa shape index (κ3) is 0.857. The lowest BCUT2D eigenvalue weighted by atomic mass is 10.2. The van der Waals surface area contributed by atoms with Crippen LogP contribution in [0.15, 0.2) is 24.3 Å². The van der Waals surface area contributed by atoms with Gasteiger partial charge in [0, 0.05) is 12.5 Å². The predicted molar refractivity (Wildman–Crippen MR) is 52.8 cm³/mol. The van der Waals surface area contributed by atoms with Crippen molar-refractivity contribution >= 4 is 11.0 Å². The first-order chi connectivity index (χ1) is 6.36. The van der Waals surface area contributed by atoms with E-state index in [0.717, 1.165) is 11.9 Å². The van der Waals surface area contributed by atoms with Gasteiger partial charge in [0.1, 0.15) is 5.82 Å². The van der Waals surface area contributed by atoms with Gasteiger partial charge < -0.3 is 4.57 Å². The Kier molecular flexibility index (Phi) is 1.29. The number of imidazole rings is 1. The average Bonchev–Trinajstić information content (AvgIpc) is 2.66. The smallest absolute Gasteiger partial charge is 0.110 e. The maximum absolute atomic E-state index is 4.61. The largest absolute Gasteiger partial charge is 0.325 e. The van der Waals surface area contributed by atoms with Crippen LogP contribution in [0.4, 0.5) is 0 Å². The molecule has 0 saturated heterocycles. The van der Waals surface area contributed by atoms with Crippen LogP contribution in [0, 0.1) is 0 Å². The summed E-state index contributed by atoms with van der Waals surface area (Å²) in [6.45, 7) is 2.27. The van der Waals surface area contributed by atoms with Crippen molar-refractivity contribution in [2.24, 2.45) is 0 Å². The first-order valence-electron chi connectivity index (χ1n) is 4.82. The molecular formula is C11H12N2. The van der Waals surface area contributed by atoms with Gasteiger partial charge in [0.2, 0.25) is 0 Å². The van der Waals surface area contributed by atoms with Gasteiger partial charge in [0.25, 0.3) is 0 Å². The summed E-state index contributed by atoms with van der Waals surface area (Å²) in [6.07, 6.45) is 2.38. The number of fused-ring (bicyclic) bond motifs is 3. The van der Waals surface area contributed by atoms with Crippen LogP contribution < -0.4 is 0 Å². The fourth-order valence-corrected chi connectivity index (χ4v) is 2.23. The van der Waals surface area contributed by atoms with Crippen molar-refractivity contribution in [2.75, 3.05) is 0 Å². The number of para-hydroxylation sites is 2. The zero-order valence-corrected chi connectivity index (χ0v) is 7.70. The number of aryl methyl sites for hydroxylation is 1. The fraction of sp³-hybridized carbons (Fsp3) is 0.364. The van der Waals surface area contributed by atoms with Gasteiger partial charge in [0.15, 0.2) is 0 Å². The van der Waals surface area contributed by atoms with Crippen LogP contribution in [0.25, 0.3) is 11.0 Å². The molecule has 13 heavy (non-hydrogen) atoms. The van der Waals surface area contributed by atoms with E-state index in [2.05, 4.69) is 40.7 Å². The molecule has 0 bridgehead atoms. The number of nitrogens with zero attached hydrogens (tertiary/aromatic N) is 2. The molecule has 1 aromatic carbocycles. The van der Waals surface area contributed by atoms with E-state index in [1.165, 1.54) is 17.8 Å². The zero-order valence-electron chi connectivity index (χ0n) is 7.70. The van der Waals surface area contributed by atoms with Gasteiger partial charge in [-0.05, 0) is 25.5 Å². The summed E-state index contributed by atoms with van der Waals surface area (Å²) >= 11 is 0. The van der Waals surface area contributed by atoms with Crippen molar-refractivity contribution in [3.05, 3.63) is 30.1 Å². The Morgan fingerprint density at radius 3 is 3.15 bits per heavy atom. The quantitative estimate of drug-likeness (QED) is 0.597. The molecule has 66 valence electrons. The van der Waals surface area contributed by atoms with E-state index in [1.807, 2.05) is 0 Å². The fourth-order valence-electron chi connectivity index (χ4n) is 2.23. The first-order valence-corrected chi connectivity index (χ1v) is 4.82. The van der Waals surface area contributed by atoms with Gasteiger partial charge in [-0.15, -0.1) is 0 Å². The molecule has 1 aliphatic rings. The molecule has 0 N–H and O–H groups in total. The van der Waals surface area contributed by atoms with Gasteiger partial charge in [-0.3, -0.25) is 0 Å². The molecule has 0 radical (unpaired) electrons. The number of aromatic nitrogens is 2. The number of benzene rings is 1. The van der Waals surface area contributed by atoms with E-state index >= 15 is 0 Å². The standard InChI is InChI=1S/C11H12N2/c1-8-6-7-11-12-9-4-2-3-5-10(9)13(8)11/h2-5,8H,6-7H2,1H3. The molecule has 1 unspecified atom stereocenters. The maximum Gasteiger partial charge on any atom is 0.110 e. The van der Waals surface area contributed by atoms with E-state index in [1.54, 1.807) is 0 Å². The summed E-state index contributed by atoms with van der Waals surface area (Å²) in [5.74, 6) is 1.26. The average molecular weight is 172 g/mol. The Morgan fingerprint density at radius 1 is 1.38 bits per heavy atom. The molecule has 2 nitrogen and oxygen atoms in total. The second-order valence-corrected chi connectivity index (χ2v) is 3.77. The Labute approximate surface area is 77.2 Å². The van der Waals surface area contributed by atoms with Gasteiger partial charge in [-0.25, -0.2) is 4.98 Å². The normalized spacial score (nSPS) is 20.8. The van der Waals surface area contributed by atoms with E-state index in [9.17, 15) is 0 Å². The minimum absolute atomic E-state index is 0.627. The molecule has 3 rings (SSSR count). The molecule has 0 saturated carbocycles. The van der Waals surface area contributed by atoms with Crippen molar-refractivity contribution < 1.29 is 0 Å². The Balaban J connectivity index is 2.40. The van der Waals surface area contributed by atoms with Crippen LogP contribution >= 0.6 is 0 Å². The van der Waals surface area contributed by atoms with E-state index in [-0.39, 0.29) is 0 Å². The van der Waals surface area contributed by atoms with Crippen LogP contribution in [-0.2, 0) is 6.42 Å². The van der Waals surface area contributed by atoms with Gasteiger partial charge in [0.05, 0.1) is 11.0 Å². The molecule has 0 spiro atoms. The van der Waals surface area contributed by atoms with Gasteiger partial charge in [-0.1, -0.05) is 12.1 Å². The molecule has 1 aliphatic heterocycles. The summed E-state index contributed by atoms with van der Waals surface area (Å²) in [6, 6.07) is 9.02. The zero-order chi connectivity index (χ0) is 8.84. The number of hydrogen-bond acceptors (Lipinski definition) is 1. The summed E-state index contributed by atoms with van der Waals surface area (Å²) in [7, 11) is 0. The van der Waals surface area contributed by atoms with Gasteiger partial charge in [-0.2, -0.15) is 0 Å². The van der Waals surface area contributed by atoms with Crippen LogP contribution in [0.3, 0.4) is 0 Å². The van der Waals surface area contributed by atoms with E-state index in [0.29, 0.717) is 6.04 Å². The predicted octanol–water partition coefficient (Wildman–Crippen LogP) is 2.54. The highest BCUT2D eigenvalue weighted by atomic mass is 15.1. The molecule has 2 heteroatoms. The first kappa shape index (κ1) is 7.13. The van der Waals surface area contributed by atoms with Crippen molar-refractivity contribution in [3.8, 4) is 0 Å². The molecule has 2 heterocycles. The van der Waals surface area contributed by atoms with Crippen molar-refractivity contribution in [1.82, 2.24) is 9.55 Å². The second-order valence-electron chi connectivity index (χ2n) is 3.77. The van der Waals surface area contributed by atoms with E-state index < -0.39 is 0 Å². The lowest BCUT2D eigenvalue weighted by molar-refractivity contribution is 0.596. The summed E-state index contributed by atoms with van der Waals surface area (Å²) in [4.78, 5) is 4.61. The molecule has 0 amide bonds. The van der Waals surface area contributed by atoms with Crippen LogP contribution in [0.1, 0.15) is 25.2 Å². The van der Waals surface area contributed by atoms with Crippen LogP contribution in [0.2, 0.25) is 0 Å². The summed E-state index contributed by atoms with van der Waals surface area (Å²) < 4.78 is 2.37. The minimum atomic E-state index is 0.627. The SMILES string of the molecule is CC1CCc2nc3ccccc3n21. The van der Waals surface area contributed by atoms with Crippen molar-refractivity contribution in [2.45, 2.75) is 25.8 Å². The molecule has 1 atom stereocenters. The maximum atomic E-state index is 4.61. The molecule has 1 aromatic heterocycles. The molecule has 2 aromatic rings. The number of hydrogen-bond donors (Lipinski definition) is 0. The molecule has 0 fully saturated rings. The summed E-state index contributed by atoms with van der Waals surface area (Å²) in [5.41, 5.74) is 2.44. The Bertz CT molecular complexity index is 456. The highest BCUT2D eigenvalue weighted by Gasteiger charge is 2.21. The lowest BCUT2D eigenvalue weighted by Crippen LogP contribution is -1.97.